The first-order valence-electron chi connectivity index (χ1n) is 3.51. The summed E-state index contributed by atoms with van der Waals surface area (Å²) in [5, 5.41) is 9.28. The summed E-state index contributed by atoms with van der Waals surface area (Å²) in [6, 6.07) is -0.285. The number of nitrogens with zero attached hydrogens (tertiary/aromatic N) is 2. The lowest BCUT2D eigenvalue weighted by Gasteiger charge is -2.15. The van der Waals surface area contributed by atoms with E-state index in [9.17, 15) is 9.90 Å². The van der Waals surface area contributed by atoms with Crippen molar-refractivity contribution in [2.45, 2.75) is 6.04 Å². The number of allylic oxidation sites excluding steroid dienone is 2. The first kappa shape index (κ1) is 6.97. The van der Waals surface area contributed by atoms with Crippen LogP contribution in [-0.2, 0) is 4.79 Å². The highest BCUT2D eigenvalue weighted by atomic mass is 16.3. The molecule has 0 aromatic carbocycles. The van der Waals surface area contributed by atoms with Gasteiger partial charge in [-0.3, -0.25) is 9.79 Å². The van der Waals surface area contributed by atoms with Crippen LogP contribution in [0.15, 0.2) is 34.0 Å². The zero-order chi connectivity index (χ0) is 8.55. The Morgan fingerprint density at radius 3 is 3.17 bits per heavy atom. The molecule has 0 saturated carbocycles. The van der Waals surface area contributed by atoms with Crippen LogP contribution in [-0.4, -0.2) is 29.0 Å². The summed E-state index contributed by atoms with van der Waals surface area (Å²) >= 11 is 0. The van der Waals surface area contributed by atoms with E-state index < -0.39 is 5.91 Å². The highest BCUT2D eigenvalue weighted by molar-refractivity contribution is 6.33. The second-order valence-electron chi connectivity index (χ2n) is 2.50. The fourth-order valence-corrected chi connectivity index (χ4v) is 1.12. The molecular weight excluding hydrogens is 156 g/mol. The van der Waals surface area contributed by atoms with Crippen molar-refractivity contribution in [3.05, 3.63) is 24.0 Å². The molecule has 0 fully saturated rings. The van der Waals surface area contributed by atoms with Gasteiger partial charge in [0.15, 0.2) is 0 Å². The van der Waals surface area contributed by atoms with Gasteiger partial charge in [-0.2, -0.15) is 0 Å². The van der Waals surface area contributed by atoms with Crippen molar-refractivity contribution >= 4 is 17.8 Å². The number of aliphatic hydroxyl groups excluding tert-OH is 1. The van der Waals surface area contributed by atoms with Crippen LogP contribution in [0.4, 0.5) is 0 Å². The van der Waals surface area contributed by atoms with E-state index >= 15 is 0 Å². The monoisotopic (exact) mass is 162 g/mol. The van der Waals surface area contributed by atoms with E-state index in [0.29, 0.717) is 5.71 Å². The number of hydrogen-bond acceptors (Lipinski definition) is 3. The topological polar surface area (TPSA) is 62.0 Å². The zero-order valence-corrected chi connectivity index (χ0v) is 6.14. The Balaban J connectivity index is 2.44. The first-order chi connectivity index (χ1) is 5.77. The minimum absolute atomic E-state index is 0.0210. The number of amides is 1. The van der Waals surface area contributed by atoms with Crippen molar-refractivity contribution < 1.29 is 9.90 Å². The van der Waals surface area contributed by atoms with Gasteiger partial charge in [0, 0.05) is 0 Å². The Kier molecular flexibility index (Phi) is 1.40. The fourth-order valence-electron chi connectivity index (χ4n) is 1.12. The molecule has 1 amide bonds. The molecule has 1 atom stereocenters. The number of aliphatic hydroxyl groups is 1. The van der Waals surface area contributed by atoms with Crippen LogP contribution < -0.4 is 0 Å². The van der Waals surface area contributed by atoms with Crippen LogP contribution in [0.1, 0.15) is 0 Å². The number of hydrogen-bond donors (Lipinski definition) is 1. The lowest BCUT2D eigenvalue weighted by atomic mass is 10.0. The lowest BCUT2D eigenvalue weighted by molar-refractivity contribution is -0.111. The van der Waals surface area contributed by atoms with E-state index in [4.69, 9.17) is 0 Å². The molecule has 60 valence electrons. The minimum atomic E-state index is -0.420. The van der Waals surface area contributed by atoms with Gasteiger partial charge in [0.25, 0.3) is 5.91 Å². The molecule has 2 rings (SSSR count). The Labute approximate surface area is 68.6 Å². The van der Waals surface area contributed by atoms with Crippen molar-refractivity contribution in [1.82, 2.24) is 0 Å². The summed E-state index contributed by atoms with van der Waals surface area (Å²) in [7, 11) is 0. The van der Waals surface area contributed by atoms with Gasteiger partial charge >= 0.3 is 0 Å². The van der Waals surface area contributed by atoms with Crippen molar-refractivity contribution in [3.63, 3.8) is 0 Å². The van der Waals surface area contributed by atoms with Gasteiger partial charge in [-0.05, 0) is 6.08 Å². The summed E-state index contributed by atoms with van der Waals surface area (Å²) in [4.78, 5) is 18.3. The normalized spacial score (nSPS) is 26.3. The van der Waals surface area contributed by atoms with Gasteiger partial charge in [-0.1, -0.05) is 12.2 Å². The second kappa shape index (κ2) is 2.41. The largest absolute Gasteiger partial charge is 0.506 e. The van der Waals surface area contributed by atoms with Crippen LogP contribution in [0.2, 0.25) is 0 Å². The van der Waals surface area contributed by atoms with E-state index in [1.807, 2.05) is 0 Å². The lowest BCUT2D eigenvalue weighted by Crippen LogP contribution is -2.26. The number of aliphatic imine (C=N–C) groups is 2. The number of carbonyl (C=O) groups excluding carboxylic acids is 1. The van der Waals surface area contributed by atoms with Gasteiger partial charge in [-0.15, -0.1) is 0 Å². The maximum absolute atomic E-state index is 10.8. The average Bonchev–Trinajstić information content (AvgIpc) is 2.07. The summed E-state index contributed by atoms with van der Waals surface area (Å²) in [5.74, 6) is -0.399. The number of carbonyl (C=O) groups is 1. The molecule has 0 aromatic heterocycles. The van der Waals surface area contributed by atoms with Gasteiger partial charge < -0.3 is 5.11 Å². The van der Waals surface area contributed by atoms with Gasteiger partial charge in [0.2, 0.25) is 0 Å². The zero-order valence-electron chi connectivity index (χ0n) is 6.14. The third kappa shape index (κ3) is 0.972. The summed E-state index contributed by atoms with van der Waals surface area (Å²) < 4.78 is 0. The average molecular weight is 162 g/mol. The number of fused-ring (bicyclic) bond motifs is 1. The molecule has 1 unspecified atom stereocenters. The molecule has 12 heavy (non-hydrogen) atoms. The Morgan fingerprint density at radius 1 is 1.50 bits per heavy atom. The predicted molar refractivity (Wildman–Crippen MR) is 44.6 cm³/mol. The summed E-state index contributed by atoms with van der Waals surface area (Å²) in [6.45, 7) is 0. The maximum Gasteiger partial charge on any atom is 0.288 e. The maximum atomic E-state index is 10.8. The van der Waals surface area contributed by atoms with Crippen molar-refractivity contribution in [2.24, 2.45) is 9.98 Å². The Morgan fingerprint density at radius 2 is 2.33 bits per heavy atom. The second-order valence-corrected chi connectivity index (χ2v) is 2.50. The quantitative estimate of drug-likeness (QED) is 0.561. The molecule has 4 heteroatoms. The third-order valence-electron chi connectivity index (χ3n) is 1.67. The first-order valence-corrected chi connectivity index (χ1v) is 3.51. The molecule has 0 radical (unpaired) electrons. The van der Waals surface area contributed by atoms with Crippen LogP contribution in [0.3, 0.4) is 0 Å². The van der Waals surface area contributed by atoms with E-state index in [1.165, 1.54) is 6.08 Å². The molecule has 0 spiro atoms. The molecule has 1 aliphatic carbocycles. The standard InChI is InChI=1S/C8H6N2O2/c11-6-3-1-2-5-8(6)10-7(12)4-9-5/h1-5,11H. The molecule has 0 bridgehead atoms. The molecular formula is C8H6N2O2. The van der Waals surface area contributed by atoms with E-state index in [0.717, 1.165) is 6.21 Å². The van der Waals surface area contributed by atoms with Crippen molar-refractivity contribution in [3.8, 4) is 0 Å². The van der Waals surface area contributed by atoms with Gasteiger partial charge in [-0.25, -0.2) is 4.99 Å². The van der Waals surface area contributed by atoms with Crippen molar-refractivity contribution in [2.75, 3.05) is 0 Å². The molecule has 1 aliphatic heterocycles. The van der Waals surface area contributed by atoms with E-state index in [1.54, 1.807) is 12.2 Å². The van der Waals surface area contributed by atoms with Crippen molar-refractivity contribution in [1.29, 1.82) is 0 Å². The Hall–Kier alpha value is -1.71. The van der Waals surface area contributed by atoms with Crippen LogP contribution in [0, 0.1) is 0 Å². The highest BCUT2D eigenvalue weighted by Crippen LogP contribution is 2.13. The van der Waals surface area contributed by atoms with Crippen LogP contribution in [0.25, 0.3) is 0 Å². The highest BCUT2D eigenvalue weighted by Gasteiger charge is 2.22. The molecule has 0 aromatic rings. The third-order valence-corrected chi connectivity index (χ3v) is 1.67. The smallest absolute Gasteiger partial charge is 0.288 e. The summed E-state index contributed by atoms with van der Waals surface area (Å²) in [6.07, 6.45) is 6.11. The Bertz CT molecular complexity index is 348. The molecule has 0 saturated heterocycles. The molecule has 4 nitrogen and oxygen atoms in total. The van der Waals surface area contributed by atoms with Crippen LogP contribution in [0.5, 0.6) is 0 Å². The summed E-state index contributed by atoms with van der Waals surface area (Å²) in [5.41, 5.74) is 0.338. The van der Waals surface area contributed by atoms with Gasteiger partial charge in [0.1, 0.15) is 17.5 Å². The SMILES string of the molecule is O=C1C=NC2C=CC=C(O)C2=N1. The minimum Gasteiger partial charge on any atom is -0.506 e. The molecule has 2 aliphatic rings. The van der Waals surface area contributed by atoms with Crippen LogP contribution >= 0.6 is 0 Å². The molecule has 1 heterocycles. The molecule has 1 N–H and O–H groups in total. The van der Waals surface area contributed by atoms with E-state index in [-0.39, 0.29) is 11.8 Å². The fraction of sp³-hybridized carbons (Fsp3) is 0.125. The predicted octanol–water partition coefficient (Wildman–Crippen LogP) is 0.419. The van der Waals surface area contributed by atoms with Gasteiger partial charge in [0.05, 0.1) is 6.21 Å². The van der Waals surface area contributed by atoms with E-state index in [2.05, 4.69) is 9.98 Å². The number of rotatable bonds is 0.